The van der Waals surface area contributed by atoms with E-state index in [0.717, 1.165) is 18.3 Å². The van der Waals surface area contributed by atoms with Crippen LogP contribution in [0.15, 0.2) is 43.0 Å². The Labute approximate surface area is 79.1 Å². The SMILES string of the molecule is C=CC(C=O)(CC)c1ccccc1. The molecule has 0 saturated heterocycles. The van der Waals surface area contributed by atoms with Crippen molar-refractivity contribution in [3.63, 3.8) is 0 Å². The molecule has 0 aromatic heterocycles. The Hall–Kier alpha value is -1.37. The molecule has 0 radical (unpaired) electrons. The van der Waals surface area contributed by atoms with Gasteiger partial charge in [0.1, 0.15) is 6.29 Å². The van der Waals surface area contributed by atoms with Crippen molar-refractivity contribution in [3.8, 4) is 0 Å². The van der Waals surface area contributed by atoms with Crippen molar-refractivity contribution in [1.29, 1.82) is 0 Å². The molecule has 1 aromatic carbocycles. The minimum Gasteiger partial charge on any atom is -0.302 e. The highest BCUT2D eigenvalue weighted by molar-refractivity contribution is 5.71. The highest BCUT2D eigenvalue weighted by atomic mass is 16.1. The van der Waals surface area contributed by atoms with Crippen LogP contribution in [0, 0.1) is 0 Å². The van der Waals surface area contributed by atoms with Gasteiger partial charge in [0.25, 0.3) is 0 Å². The third-order valence-electron chi connectivity index (χ3n) is 2.47. The summed E-state index contributed by atoms with van der Waals surface area (Å²) in [5, 5.41) is 0. The highest BCUT2D eigenvalue weighted by Gasteiger charge is 2.25. The van der Waals surface area contributed by atoms with Gasteiger partial charge in [0.2, 0.25) is 0 Å². The Morgan fingerprint density at radius 3 is 2.38 bits per heavy atom. The number of allylic oxidation sites excluding steroid dienone is 1. The molecule has 0 amide bonds. The summed E-state index contributed by atoms with van der Waals surface area (Å²) in [4.78, 5) is 11.0. The Bertz CT molecular complexity index is 279. The van der Waals surface area contributed by atoms with E-state index < -0.39 is 5.41 Å². The van der Waals surface area contributed by atoms with Crippen LogP contribution in [-0.2, 0) is 10.2 Å². The van der Waals surface area contributed by atoms with Crippen LogP contribution in [0.5, 0.6) is 0 Å². The largest absolute Gasteiger partial charge is 0.302 e. The first-order valence-corrected chi connectivity index (χ1v) is 4.44. The third-order valence-corrected chi connectivity index (χ3v) is 2.47. The first kappa shape index (κ1) is 9.72. The van der Waals surface area contributed by atoms with Gasteiger partial charge in [-0.05, 0) is 12.0 Å². The first-order valence-electron chi connectivity index (χ1n) is 4.44. The third kappa shape index (κ3) is 1.69. The van der Waals surface area contributed by atoms with Gasteiger partial charge < -0.3 is 4.79 Å². The molecule has 0 bridgehead atoms. The summed E-state index contributed by atoms with van der Waals surface area (Å²) in [5.74, 6) is 0. The molecule has 0 spiro atoms. The number of hydrogen-bond donors (Lipinski definition) is 0. The number of aldehydes is 1. The molecule has 1 rings (SSSR count). The molecule has 1 aromatic rings. The molecule has 68 valence electrons. The zero-order chi connectivity index (χ0) is 9.73. The van der Waals surface area contributed by atoms with E-state index in [4.69, 9.17) is 0 Å². The van der Waals surface area contributed by atoms with Crippen molar-refractivity contribution >= 4 is 6.29 Å². The number of rotatable bonds is 4. The maximum atomic E-state index is 11.0. The number of hydrogen-bond acceptors (Lipinski definition) is 1. The topological polar surface area (TPSA) is 17.1 Å². The van der Waals surface area contributed by atoms with Crippen LogP contribution in [0.2, 0.25) is 0 Å². The molecule has 0 fully saturated rings. The Morgan fingerprint density at radius 2 is 2.00 bits per heavy atom. The monoisotopic (exact) mass is 174 g/mol. The fraction of sp³-hybridized carbons (Fsp3) is 0.250. The second-order valence-corrected chi connectivity index (χ2v) is 3.08. The Kier molecular flexibility index (Phi) is 3.02. The molecular formula is C12H14O. The molecule has 0 aliphatic carbocycles. The molecule has 0 N–H and O–H groups in total. The zero-order valence-corrected chi connectivity index (χ0v) is 7.86. The molecule has 0 aliphatic heterocycles. The number of benzene rings is 1. The van der Waals surface area contributed by atoms with Gasteiger partial charge in [-0.25, -0.2) is 0 Å². The molecule has 0 saturated carbocycles. The van der Waals surface area contributed by atoms with Crippen LogP contribution in [0.25, 0.3) is 0 Å². The van der Waals surface area contributed by atoms with Gasteiger partial charge in [-0.1, -0.05) is 43.3 Å². The second-order valence-electron chi connectivity index (χ2n) is 3.08. The lowest BCUT2D eigenvalue weighted by atomic mass is 9.80. The molecular weight excluding hydrogens is 160 g/mol. The van der Waals surface area contributed by atoms with E-state index in [2.05, 4.69) is 6.58 Å². The normalized spacial score (nSPS) is 14.5. The maximum absolute atomic E-state index is 11.0. The Morgan fingerprint density at radius 1 is 1.38 bits per heavy atom. The van der Waals surface area contributed by atoms with Gasteiger partial charge in [0, 0.05) is 0 Å². The molecule has 1 heteroatoms. The van der Waals surface area contributed by atoms with Crippen molar-refractivity contribution < 1.29 is 4.79 Å². The first-order chi connectivity index (χ1) is 6.29. The van der Waals surface area contributed by atoms with Gasteiger partial charge in [0.05, 0.1) is 5.41 Å². The van der Waals surface area contributed by atoms with E-state index in [-0.39, 0.29) is 0 Å². The lowest BCUT2D eigenvalue weighted by Gasteiger charge is -2.22. The van der Waals surface area contributed by atoms with Gasteiger partial charge in [-0.15, -0.1) is 6.58 Å². The van der Waals surface area contributed by atoms with Crippen LogP contribution in [0.3, 0.4) is 0 Å². The van der Waals surface area contributed by atoms with E-state index in [0.29, 0.717) is 0 Å². The van der Waals surface area contributed by atoms with Gasteiger partial charge >= 0.3 is 0 Å². The number of carbonyl (C=O) groups is 1. The summed E-state index contributed by atoms with van der Waals surface area (Å²) in [7, 11) is 0. The second kappa shape index (κ2) is 4.04. The van der Waals surface area contributed by atoms with Gasteiger partial charge in [0.15, 0.2) is 0 Å². The summed E-state index contributed by atoms with van der Waals surface area (Å²) < 4.78 is 0. The molecule has 0 heterocycles. The van der Waals surface area contributed by atoms with Crippen LogP contribution < -0.4 is 0 Å². The summed E-state index contributed by atoms with van der Waals surface area (Å²) in [5.41, 5.74) is 0.517. The smallest absolute Gasteiger partial charge is 0.134 e. The fourth-order valence-corrected chi connectivity index (χ4v) is 1.41. The van der Waals surface area contributed by atoms with E-state index >= 15 is 0 Å². The number of carbonyl (C=O) groups excluding carboxylic acids is 1. The standard InChI is InChI=1S/C12H14O/c1-3-12(4-2,10-13)11-8-6-5-7-9-11/h3,5-10H,1,4H2,2H3. The zero-order valence-electron chi connectivity index (χ0n) is 7.86. The quantitative estimate of drug-likeness (QED) is 0.506. The van der Waals surface area contributed by atoms with Crippen molar-refractivity contribution in [2.24, 2.45) is 0 Å². The van der Waals surface area contributed by atoms with Crippen LogP contribution in [0.4, 0.5) is 0 Å². The van der Waals surface area contributed by atoms with Crippen molar-refractivity contribution in [3.05, 3.63) is 48.6 Å². The lowest BCUT2D eigenvalue weighted by Crippen LogP contribution is -2.23. The minimum absolute atomic E-state index is 0.499. The molecule has 13 heavy (non-hydrogen) atoms. The van der Waals surface area contributed by atoms with E-state index in [1.165, 1.54) is 0 Å². The van der Waals surface area contributed by atoms with Gasteiger partial charge in [-0.2, -0.15) is 0 Å². The van der Waals surface area contributed by atoms with Crippen LogP contribution in [0.1, 0.15) is 18.9 Å². The van der Waals surface area contributed by atoms with Crippen LogP contribution >= 0.6 is 0 Å². The van der Waals surface area contributed by atoms with E-state index in [9.17, 15) is 4.79 Å². The van der Waals surface area contributed by atoms with Crippen molar-refractivity contribution in [2.45, 2.75) is 18.8 Å². The van der Waals surface area contributed by atoms with Crippen LogP contribution in [-0.4, -0.2) is 6.29 Å². The molecule has 1 unspecified atom stereocenters. The van der Waals surface area contributed by atoms with E-state index in [1.54, 1.807) is 6.08 Å². The van der Waals surface area contributed by atoms with E-state index in [1.807, 2.05) is 37.3 Å². The summed E-state index contributed by atoms with van der Waals surface area (Å²) in [6.45, 7) is 5.71. The Balaban J connectivity index is 3.15. The predicted octanol–water partition coefficient (Wildman–Crippen LogP) is 2.72. The summed E-state index contributed by atoms with van der Waals surface area (Å²) in [6, 6.07) is 9.73. The molecule has 1 nitrogen and oxygen atoms in total. The van der Waals surface area contributed by atoms with Crippen molar-refractivity contribution in [2.75, 3.05) is 0 Å². The average molecular weight is 174 g/mol. The maximum Gasteiger partial charge on any atom is 0.134 e. The van der Waals surface area contributed by atoms with Crippen molar-refractivity contribution in [1.82, 2.24) is 0 Å². The highest BCUT2D eigenvalue weighted by Crippen LogP contribution is 2.26. The fourth-order valence-electron chi connectivity index (χ4n) is 1.41. The molecule has 0 aliphatic rings. The minimum atomic E-state index is -0.499. The summed E-state index contributed by atoms with van der Waals surface area (Å²) >= 11 is 0. The predicted molar refractivity (Wildman–Crippen MR) is 54.7 cm³/mol. The van der Waals surface area contributed by atoms with Gasteiger partial charge in [-0.3, -0.25) is 0 Å². The summed E-state index contributed by atoms with van der Waals surface area (Å²) in [6.07, 6.45) is 3.44. The molecule has 1 atom stereocenters. The lowest BCUT2D eigenvalue weighted by molar-refractivity contribution is -0.111. The average Bonchev–Trinajstić information content (AvgIpc) is 2.23.